The normalized spacial score (nSPS) is 15.6. The standard InChI is InChI=1S/C17H19N3O3/c1-17(2,3)13-9-18-14(23-13)10-20-15(21)11-19(16(20)22)12-7-5-4-6-8-12/h4-9H,10-11H2,1-3H3. The molecular formula is C17H19N3O3. The summed E-state index contributed by atoms with van der Waals surface area (Å²) in [6.45, 7) is 6.13. The highest BCUT2D eigenvalue weighted by atomic mass is 16.4. The lowest BCUT2D eigenvalue weighted by Crippen LogP contribution is -2.32. The summed E-state index contributed by atoms with van der Waals surface area (Å²) in [4.78, 5) is 31.5. The third kappa shape index (κ3) is 2.97. The summed E-state index contributed by atoms with van der Waals surface area (Å²) >= 11 is 0. The summed E-state index contributed by atoms with van der Waals surface area (Å²) < 4.78 is 5.67. The van der Waals surface area contributed by atoms with Gasteiger partial charge in [-0.3, -0.25) is 14.6 Å². The molecule has 23 heavy (non-hydrogen) atoms. The van der Waals surface area contributed by atoms with Crippen LogP contribution in [0.25, 0.3) is 0 Å². The van der Waals surface area contributed by atoms with E-state index >= 15 is 0 Å². The minimum atomic E-state index is -0.350. The largest absolute Gasteiger partial charge is 0.443 e. The van der Waals surface area contributed by atoms with E-state index in [1.807, 2.05) is 39.0 Å². The van der Waals surface area contributed by atoms with E-state index in [0.717, 1.165) is 5.76 Å². The van der Waals surface area contributed by atoms with Gasteiger partial charge in [-0.25, -0.2) is 9.78 Å². The smallest absolute Gasteiger partial charge is 0.332 e. The number of carbonyl (C=O) groups is 2. The van der Waals surface area contributed by atoms with Crippen molar-refractivity contribution in [3.63, 3.8) is 0 Å². The van der Waals surface area contributed by atoms with E-state index in [1.54, 1.807) is 18.3 Å². The highest BCUT2D eigenvalue weighted by molar-refractivity contribution is 6.12. The van der Waals surface area contributed by atoms with Gasteiger partial charge in [-0.1, -0.05) is 39.0 Å². The van der Waals surface area contributed by atoms with Gasteiger partial charge in [0.2, 0.25) is 5.89 Å². The van der Waals surface area contributed by atoms with Crippen LogP contribution in [0.1, 0.15) is 32.4 Å². The molecule has 1 saturated heterocycles. The number of rotatable bonds is 3. The van der Waals surface area contributed by atoms with E-state index < -0.39 is 0 Å². The molecule has 3 rings (SSSR count). The van der Waals surface area contributed by atoms with Gasteiger partial charge in [-0.15, -0.1) is 0 Å². The van der Waals surface area contributed by atoms with Gasteiger partial charge in [0.05, 0.1) is 6.20 Å². The maximum absolute atomic E-state index is 12.5. The van der Waals surface area contributed by atoms with Crippen molar-refractivity contribution in [2.75, 3.05) is 11.4 Å². The van der Waals surface area contributed by atoms with Gasteiger partial charge in [-0.05, 0) is 12.1 Å². The van der Waals surface area contributed by atoms with E-state index in [0.29, 0.717) is 11.6 Å². The molecule has 0 N–H and O–H groups in total. The summed E-state index contributed by atoms with van der Waals surface area (Å²) in [6, 6.07) is 8.79. The van der Waals surface area contributed by atoms with Gasteiger partial charge in [0.25, 0.3) is 5.91 Å². The number of imide groups is 1. The van der Waals surface area contributed by atoms with Crippen LogP contribution < -0.4 is 4.90 Å². The average Bonchev–Trinajstić information content (AvgIpc) is 3.08. The molecule has 1 aliphatic heterocycles. The van der Waals surface area contributed by atoms with Gasteiger partial charge < -0.3 is 4.42 Å². The van der Waals surface area contributed by atoms with Crippen LogP contribution in [0.3, 0.4) is 0 Å². The number of oxazole rings is 1. The van der Waals surface area contributed by atoms with Gasteiger partial charge in [0.15, 0.2) is 0 Å². The molecule has 0 saturated carbocycles. The van der Waals surface area contributed by atoms with Crippen LogP contribution >= 0.6 is 0 Å². The minimum Gasteiger partial charge on any atom is -0.443 e. The zero-order valence-electron chi connectivity index (χ0n) is 13.4. The fraction of sp³-hybridized carbons (Fsp3) is 0.353. The second-order valence-electron chi connectivity index (χ2n) is 6.55. The quantitative estimate of drug-likeness (QED) is 0.817. The van der Waals surface area contributed by atoms with Crippen molar-refractivity contribution in [1.82, 2.24) is 9.88 Å². The summed E-state index contributed by atoms with van der Waals surface area (Å²) in [5, 5.41) is 0. The zero-order chi connectivity index (χ0) is 16.6. The van der Waals surface area contributed by atoms with Gasteiger partial charge >= 0.3 is 6.03 Å². The van der Waals surface area contributed by atoms with E-state index in [4.69, 9.17) is 4.42 Å². The number of para-hydroxylation sites is 1. The van der Waals surface area contributed by atoms with E-state index in [9.17, 15) is 9.59 Å². The highest BCUT2D eigenvalue weighted by Crippen LogP contribution is 2.25. The molecule has 2 aromatic rings. The van der Waals surface area contributed by atoms with Crippen molar-refractivity contribution >= 4 is 17.6 Å². The molecule has 0 radical (unpaired) electrons. The van der Waals surface area contributed by atoms with Gasteiger partial charge in [0.1, 0.15) is 18.8 Å². The van der Waals surface area contributed by atoms with Gasteiger partial charge in [0, 0.05) is 11.1 Å². The number of nitrogens with zero attached hydrogens (tertiary/aromatic N) is 3. The maximum Gasteiger partial charge on any atom is 0.332 e. The average molecular weight is 313 g/mol. The highest BCUT2D eigenvalue weighted by Gasteiger charge is 2.37. The molecule has 1 aliphatic rings. The molecule has 1 aromatic heterocycles. The second-order valence-corrected chi connectivity index (χ2v) is 6.55. The Bertz CT molecular complexity index is 731. The molecule has 0 atom stereocenters. The molecule has 120 valence electrons. The number of amides is 3. The molecule has 1 fully saturated rings. The van der Waals surface area contributed by atoms with E-state index in [1.165, 1.54) is 9.80 Å². The molecule has 6 heteroatoms. The number of hydrogen-bond acceptors (Lipinski definition) is 4. The van der Waals surface area contributed by atoms with Crippen molar-refractivity contribution in [3.05, 3.63) is 48.2 Å². The van der Waals surface area contributed by atoms with Crippen molar-refractivity contribution < 1.29 is 14.0 Å². The number of carbonyl (C=O) groups excluding carboxylic acids is 2. The molecule has 0 bridgehead atoms. The Labute approximate surface area is 134 Å². The number of aromatic nitrogens is 1. The summed E-state index contributed by atoms with van der Waals surface area (Å²) in [5.74, 6) is 0.840. The lowest BCUT2D eigenvalue weighted by Gasteiger charge is -2.16. The summed E-state index contributed by atoms with van der Waals surface area (Å²) in [5.41, 5.74) is 0.538. The third-order valence-corrected chi connectivity index (χ3v) is 3.71. The molecule has 1 aromatic carbocycles. The Morgan fingerprint density at radius 1 is 1.17 bits per heavy atom. The first-order chi connectivity index (χ1) is 10.9. The van der Waals surface area contributed by atoms with Crippen molar-refractivity contribution in [3.8, 4) is 0 Å². The molecule has 2 heterocycles. The van der Waals surface area contributed by atoms with Gasteiger partial charge in [-0.2, -0.15) is 0 Å². The molecule has 0 aliphatic carbocycles. The fourth-order valence-electron chi connectivity index (χ4n) is 2.37. The molecular weight excluding hydrogens is 294 g/mol. The van der Waals surface area contributed by atoms with Crippen molar-refractivity contribution in [1.29, 1.82) is 0 Å². The number of urea groups is 1. The Morgan fingerprint density at radius 2 is 1.87 bits per heavy atom. The monoisotopic (exact) mass is 313 g/mol. The summed E-state index contributed by atoms with van der Waals surface area (Å²) in [6.07, 6.45) is 1.65. The van der Waals surface area contributed by atoms with Crippen LogP contribution in [0.2, 0.25) is 0 Å². The minimum absolute atomic E-state index is 0.0374. The van der Waals surface area contributed by atoms with E-state index in [2.05, 4.69) is 4.98 Å². The molecule has 6 nitrogen and oxygen atoms in total. The van der Waals surface area contributed by atoms with Crippen LogP contribution in [0.15, 0.2) is 40.9 Å². The topological polar surface area (TPSA) is 66.7 Å². The van der Waals surface area contributed by atoms with Crippen LogP contribution in [0, 0.1) is 0 Å². The molecule has 0 spiro atoms. The number of benzene rings is 1. The van der Waals surface area contributed by atoms with Crippen molar-refractivity contribution in [2.24, 2.45) is 0 Å². The predicted molar refractivity (Wildman–Crippen MR) is 84.9 cm³/mol. The summed E-state index contributed by atoms with van der Waals surface area (Å²) in [7, 11) is 0. The SMILES string of the molecule is CC(C)(C)c1cnc(CN2C(=O)CN(c3ccccc3)C2=O)o1. The Morgan fingerprint density at radius 3 is 2.48 bits per heavy atom. The van der Waals surface area contributed by atoms with Crippen LogP contribution in [0.4, 0.5) is 10.5 Å². The molecule has 3 amide bonds. The Kier molecular flexibility index (Phi) is 3.67. The second kappa shape index (κ2) is 5.53. The maximum atomic E-state index is 12.5. The third-order valence-electron chi connectivity index (χ3n) is 3.71. The van der Waals surface area contributed by atoms with E-state index in [-0.39, 0.29) is 30.4 Å². The number of anilines is 1. The Hall–Kier alpha value is -2.63. The van der Waals surface area contributed by atoms with Crippen molar-refractivity contribution in [2.45, 2.75) is 32.7 Å². The Balaban J connectivity index is 1.77. The first kappa shape index (κ1) is 15.3. The predicted octanol–water partition coefficient (Wildman–Crippen LogP) is 2.94. The zero-order valence-corrected chi connectivity index (χ0v) is 13.4. The molecule has 0 unspecified atom stereocenters. The lowest BCUT2D eigenvalue weighted by atomic mass is 9.94. The lowest BCUT2D eigenvalue weighted by molar-refractivity contribution is -0.125. The first-order valence-corrected chi connectivity index (χ1v) is 7.48. The van der Waals surface area contributed by atoms with Crippen LogP contribution in [0.5, 0.6) is 0 Å². The van der Waals surface area contributed by atoms with Crippen LogP contribution in [-0.4, -0.2) is 28.4 Å². The first-order valence-electron chi connectivity index (χ1n) is 7.48. The van der Waals surface area contributed by atoms with Crippen LogP contribution in [-0.2, 0) is 16.8 Å². The number of hydrogen-bond donors (Lipinski definition) is 0. The fourth-order valence-corrected chi connectivity index (χ4v) is 2.37.